The average Bonchev–Trinajstić information content (AvgIpc) is 3.16. The molecule has 112 valence electrons. The van der Waals surface area contributed by atoms with E-state index in [-0.39, 0.29) is 11.9 Å². The van der Waals surface area contributed by atoms with Crippen molar-refractivity contribution in [1.29, 1.82) is 0 Å². The minimum atomic E-state index is -0.271. The lowest BCUT2D eigenvalue weighted by atomic mass is 10.0. The Morgan fingerprint density at radius 2 is 2.19 bits per heavy atom. The normalized spacial score (nSPS) is 17.2. The molecular formula is C16H21FN4. The van der Waals surface area contributed by atoms with Crippen molar-refractivity contribution in [2.45, 2.75) is 44.2 Å². The molecule has 0 radical (unpaired) electrons. The van der Waals surface area contributed by atoms with E-state index in [2.05, 4.69) is 26.3 Å². The van der Waals surface area contributed by atoms with Gasteiger partial charge in [0.05, 0.1) is 17.9 Å². The van der Waals surface area contributed by atoms with Gasteiger partial charge in [-0.1, -0.05) is 12.8 Å². The van der Waals surface area contributed by atoms with E-state index in [1.165, 1.54) is 31.9 Å². The third kappa shape index (κ3) is 3.13. The zero-order valence-electron chi connectivity index (χ0n) is 12.3. The summed E-state index contributed by atoms with van der Waals surface area (Å²) in [5.41, 5.74) is 1.64. The number of halogens is 1. The molecular weight excluding hydrogens is 267 g/mol. The summed E-state index contributed by atoms with van der Waals surface area (Å²) in [7, 11) is 1.85. The van der Waals surface area contributed by atoms with Crippen LogP contribution in [0.2, 0.25) is 0 Å². The second-order valence-corrected chi connectivity index (χ2v) is 5.67. The molecule has 5 heteroatoms. The molecule has 0 amide bonds. The lowest BCUT2D eigenvalue weighted by molar-refractivity contribution is 0.457. The van der Waals surface area contributed by atoms with Crippen LogP contribution in [0.25, 0.3) is 0 Å². The number of rotatable bonds is 5. The topological polar surface area (TPSA) is 42.7 Å². The van der Waals surface area contributed by atoms with Gasteiger partial charge in [-0.25, -0.2) is 4.39 Å². The fraction of sp³-hybridized carbons (Fsp3) is 0.500. The smallest absolute Gasteiger partial charge is 0.146 e. The monoisotopic (exact) mass is 288 g/mol. The van der Waals surface area contributed by atoms with Crippen LogP contribution < -0.4 is 5.32 Å². The number of pyridine rings is 1. The Morgan fingerprint density at radius 3 is 2.90 bits per heavy atom. The van der Waals surface area contributed by atoms with Crippen LogP contribution >= 0.6 is 0 Å². The highest BCUT2D eigenvalue weighted by atomic mass is 19.1. The van der Waals surface area contributed by atoms with E-state index in [0.717, 1.165) is 5.69 Å². The van der Waals surface area contributed by atoms with Crippen molar-refractivity contribution < 1.29 is 4.39 Å². The maximum Gasteiger partial charge on any atom is 0.146 e. The fourth-order valence-corrected chi connectivity index (χ4v) is 3.10. The second-order valence-electron chi connectivity index (χ2n) is 5.67. The van der Waals surface area contributed by atoms with Crippen molar-refractivity contribution in [3.63, 3.8) is 0 Å². The molecule has 1 aliphatic carbocycles. The predicted octanol–water partition coefficient (Wildman–Crippen LogP) is 3.04. The highest BCUT2D eigenvalue weighted by Gasteiger charge is 2.19. The zero-order chi connectivity index (χ0) is 14.7. The summed E-state index contributed by atoms with van der Waals surface area (Å²) in [6.07, 6.45) is 10.6. The molecule has 0 aromatic carbocycles. The van der Waals surface area contributed by atoms with Crippen LogP contribution in [0.5, 0.6) is 0 Å². The van der Waals surface area contributed by atoms with Gasteiger partial charge in [-0.05, 0) is 32.0 Å². The third-order valence-corrected chi connectivity index (χ3v) is 4.30. The van der Waals surface area contributed by atoms with E-state index < -0.39 is 0 Å². The highest BCUT2D eigenvalue weighted by Crippen LogP contribution is 2.29. The van der Waals surface area contributed by atoms with E-state index in [4.69, 9.17) is 0 Å². The molecule has 2 heterocycles. The molecule has 2 aromatic rings. The zero-order valence-corrected chi connectivity index (χ0v) is 12.3. The fourth-order valence-electron chi connectivity index (χ4n) is 3.10. The number of likely N-dealkylation sites (N-methyl/N-ethyl adjacent to an activating group) is 1. The van der Waals surface area contributed by atoms with Gasteiger partial charge in [0.2, 0.25) is 0 Å². The Kier molecular flexibility index (Phi) is 4.29. The summed E-state index contributed by atoms with van der Waals surface area (Å²) in [5.74, 6) is -0.271. The largest absolute Gasteiger partial charge is 0.313 e. The first-order chi connectivity index (χ1) is 10.3. The molecule has 0 bridgehead atoms. The molecule has 0 saturated heterocycles. The number of nitrogens with one attached hydrogen (secondary N) is 1. The molecule has 0 aliphatic heterocycles. The van der Waals surface area contributed by atoms with Gasteiger partial charge < -0.3 is 5.32 Å². The number of hydrogen-bond donors (Lipinski definition) is 1. The molecule has 4 nitrogen and oxygen atoms in total. The molecule has 1 fully saturated rings. The van der Waals surface area contributed by atoms with Crippen LogP contribution in [0.1, 0.15) is 49.0 Å². The van der Waals surface area contributed by atoms with Gasteiger partial charge in [0.15, 0.2) is 0 Å². The van der Waals surface area contributed by atoms with E-state index >= 15 is 0 Å². The van der Waals surface area contributed by atoms with Gasteiger partial charge in [-0.3, -0.25) is 9.67 Å². The summed E-state index contributed by atoms with van der Waals surface area (Å²) in [4.78, 5) is 3.80. The summed E-state index contributed by atoms with van der Waals surface area (Å²) < 4.78 is 15.9. The van der Waals surface area contributed by atoms with Crippen molar-refractivity contribution in [3.8, 4) is 0 Å². The first kappa shape index (κ1) is 14.2. The van der Waals surface area contributed by atoms with Gasteiger partial charge >= 0.3 is 0 Å². The second kappa shape index (κ2) is 6.35. The molecule has 1 aliphatic rings. The molecule has 2 aromatic heterocycles. The Bertz CT molecular complexity index is 589. The Labute approximate surface area is 124 Å². The van der Waals surface area contributed by atoms with Crippen molar-refractivity contribution in [1.82, 2.24) is 20.1 Å². The first-order valence-electron chi connectivity index (χ1n) is 7.58. The lowest BCUT2D eigenvalue weighted by Crippen LogP contribution is -2.20. The van der Waals surface area contributed by atoms with Gasteiger partial charge in [0.1, 0.15) is 5.82 Å². The van der Waals surface area contributed by atoms with E-state index in [1.807, 2.05) is 13.1 Å². The van der Waals surface area contributed by atoms with E-state index in [1.54, 1.807) is 12.3 Å². The Morgan fingerprint density at radius 1 is 1.38 bits per heavy atom. The Balaban J connectivity index is 1.74. The van der Waals surface area contributed by atoms with Crippen LogP contribution in [0.3, 0.4) is 0 Å². The van der Waals surface area contributed by atoms with Crippen molar-refractivity contribution in [2.75, 3.05) is 7.05 Å². The van der Waals surface area contributed by atoms with Crippen LogP contribution in [-0.4, -0.2) is 21.8 Å². The molecule has 0 spiro atoms. The summed E-state index contributed by atoms with van der Waals surface area (Å²) >= 11 is 0. The molecule has 21 heavy (non-hydrogen) atoms. The summed E-state index contributed by atoms with van der Waals surface area (Å²) in [6, 6.07) is 4.23. The SMILES string of the molecule is CNC(Cc1ccn(C2CCCC2)n1)c1ccncc1F. The van der Waals surface area contributed by atoms with Crippen molar-refractivity contribution >= 4 is 0 Å². The minimum Gasteiger partial charge on any atom is -0.313 e. The quantitative estimate of drug-likeness (QED) is 0.919. The standard InChI is InChI=1S/C16H21FN4/c1-18-16(14-6-8-19-11-15(14)17)10-12-7-9-21(20-12)13-4-2-3-5-13/h6-9,11,13,16,18H,2-5,10H2,1H3. The molecule has 1 atom stereocenters. The average molecular weight is 288 g/mol. The Hall–Kier alpha value is -1.75. The third-order valence-electron chi connectivity index (χ3n) is 4.30. The molecule has 1 saturated carbocycles. The summed E-state index contributed by atoms with van der Waals surface area (Å²) in [5, 5.41) is 7.84. The summed E-state index contributed by atoms with van der Waals surface area (Å²) in [6.45, 7) is 0. The van der Waals surface area contributed by atoms with E-state index in [0.29, 0.717) is 18.0 Å². The number of nitrogens with zero attached hydrogens (tertiary/aromatic N) is 3. The van der Waals surface area contributed by atoms with Crippen molar-refractivity contribution in [3.05, 3.63) is 47.8 Å². The maximum atomic E-state index is 13.9. The molecule has 1 N–H and O–H groups in total. The van der Waals surface area contributed by atoms with Crippen molar-refractivity contribution in [2.24, 2.45) is 0 Å². The molecule has 1 unspecified atom stereocenters. The predicted molar refractivity (Wildman–Crippen MR) is 79.4 cm³/mol. The highest BCUT2D eigenvalue weighted by molar-refractivity contribution is 5.19. The van der Waals surface area contributed by atoms with Crippen LogP contribution in [0.4, 0.5) is 4.39 Å². The van der Waals surface area contributed by atoms with Gasteiger partial charge in [0, 0.05) is 30.4 Å². The first-order valence-corrected chi connectivity index (χ1v) is 7.58. The van der Waals surface area contributed by atoms with Crippen LogP contribution in [-0.2, 0) is 6.42 Å². The maximum absolute atomic E-state index is 13.9. The van der Waals surface area contributed by atoms with Gasteiger partial charge in [0.25, 0.3) is 0 Å². The number of aromatic nitrogens is 3. The van der Waals surface area contributed by atoms with Crippen LogP contribution in [0, 0.1) is 5.82 Å². The molecule has 3 rings (SSSR count). The minimum absolute atomic E-state index is 0.0834. The van der Waals surface area contributed by atoms with Gasteiger partial charge in [-0.2, -0.15) is 5.10 Å². The van der Waals surface area contributed by atoms with Crippen LogP contribution in [0.15, 0.2) is 30.7 Å². The lowest BCUT2D eigenvalue weighted by Gasteiger charge is -2.16. The van der Waals surface area contributed by atoms with Gasteiger partial charge in [-0.15, -0.1) is 0 Å². The number of hydrogen-bond acceptors (Lipinski definition) is 3. The van der Waals surface area contributed by atoms with E-state index in [9.17, 15) is 4.39 Å².